The van der Waals surface area contributed by atoms with E-state index in [-0.39, 0.29) is 5.41 Å². The lowest BCUT2D eigenvalue weighted by Crippen LogP contribution is -2.34. The molecule has 0 saturated heterocycles. The van der Waals surface area contributed by atoms with E-state index in [9.17, 15) is 0 Å². The van der Waals surface area contributed by atoms with Crippen molar-refractivity contribution in [2.45, 2.75) is 62.6 Å². The van der Waals surface area contributed by atoms with Crippen LogP contribution in [0.1, 0.15) is 56.9 Å². The van der Waals surface area contributed by atoms with Gasteiger partial charge in [-0.15, -0.1) is 0 Å². The molecule has 3 aliphatic rings. The average Bonchev–Trinajstić information content (AvgIpc) is 3.19. The molecule has 0 aromatic heterocycles. The van der Waals surface area contributed by atoms with Crippen molar-refractivity contribution in [1.29, 1.82) is 0 Å². The van der Waals surface area contributed by atoms with Crippen molar-refractivity contribution in [3.05, 3.63) is 22.7 Å². The number of hydrogen-bond donors (Lipinski definition) is 1. The topological polar surface area (TPSA) is 44.5 Å². The van der Waals surface area contributed by atoms with Crippen LogP contribution in [0.15, 0.2) is 12.1 Å². The van der Waals surface area contributed by atoms with Crippen LogP contribution in [-0.2, 0) is 5.41 Å². The minimum atomic E-state index is -0.421. The van der Waals surface area contributed by atoms with E-state index in [0.29, 0.717) is 6.54 Å². The smallest absolute Gasteiger partial charge is 0.251 e. The third-order valence-electron chi connectivity index (χ3n) is 5.51. The van der Waals surface area contributed by atoms with Crippen molar-refractivity contribution in [1.82, 2.24) is 0 Å². The van der Waals surface area contributed by atoms with Crippen molar-refractivity contribution >= 4 is 11.6 Å². The molecule has 2 fully saturated rings. The predicted molar refractivity (Wildman–Crippen MR) is 83.1 cm³/mol. The second-order valence-corrected chi connectivity index (χ2v) is 7.20. The fourth-order valence-electron chi connectivity index (χ4n) is 4.28. The van der Waals surface area contributed by atoms with Crippen molar-refractivity contribution in [2.75, 3.05) is 6.54 Å². The Labute approximate surface area is 130 Å². The Hall–Kier alpha value is -0.930. The molecule has 2 N–H and O–H groups in total. The zero-order valence-corrected chi connectivity index (χ0v) is 13.0. The normalized spacial score (nSPS) is 24.9. The fourth-order valence-corrected chi connectivity index (χ4v) is 4.63. The summed E-state index contributed by atoms with van der Waals surface area (Å²) in [5.41, 5.74) is 7.28. The minimum absolute atomic E-state index is 0.0287. The molecule has 0 atom stereocenters. The van der Waals surface area contributed by atoms with Gasteiger partial charge in [0.2, 0.25) is 0 Å². The third-order valence-corrected chi connectivity index (χ3v) is 5.83. The Balaban J connectivity index is 1.73. The number of nitrogens with two attached hydrogens (primary N) is 1. The van der Waals surface area contributed by atoms with E-state index in [1.165, 1.54) is 25.7 Å². The molecule has 1 aromatic rings. The van der Waals surface area contributed by atoms with Crippen LogP contribution in [0.4, 0.5) is 0 Å². The van der Waals surface area contributed by atoms with Crippen LogP contribution < -0.4 is 15.2 Å². The van der Waals surface area contributed by atoms with Gasteiger partial charge in [0.05, 0.1) is 0 Å². The molecule has 0 unspecified atom stereocenters. The van der Waals surface area contributed by atoms with Gasteiger partial charge in [-0.05, 0) is 37.3 Å². The van der Waals surface area contributed by atoms with Crippen LogP contribution >= 0.6 is 11.6 Å². The van der Waals surface area contributed by atoms with Crippen LogP contribution in [-0.4, -0.2) is 12.3 Å². The zero-order chi connectivity index (χ0) is 14.5. The highest BCUT2D eigenvalue weighted by Crippen LogP contribution is 2.51. The van der Waals surface area contributed by atoms with Crippen LogP contribution in [0, 0.1) is 0 Å². The standard InChI is InChI=1S/C17H22ClNO2/c18-13-10-15-14(20-17(21-15)7-3-4-8-17)9-12(13)16(11-19)5-1-2-6-16/h9-10H,1-8,11,19H2. The second-order valence-electron chi connectivity index (χ2n) is 6.79. The molecule has 1 aromatic carbocycles. The van der Waals surface area contributed by atoms with Gasteiger partial charge in [0.25, 0.3) is 5.79 Å². The second kappa shape index (κ2) is 4.79. The van der Waals surface area contributed by atoms with E-state index in [4.69, 9.17) is 26.8 Å². The van der Waals surface area contributed by atoms with Crippen molar-refractivity contribution in [3.8, 4) is 11.5 Å². The Kier molecular flexibility index (Phi) is 3.13. The van der Waals surface area contributed by atoms with E-state index >= 15 is 0 Å². The Bertz CT molecular complexity index is 560. The molecular formula is C17H22ClNO2. The van der Waals surface area contributed by atoms with Crippen LogP contribution in [0.25, 0.3) is 0 Å². The summed E-state index contributed by atoms with van der Waals surface area (Å²) in [6.45, 7) is 0.650. The third kappa shape index (κ3) is 2.05. The first-order chi connectivity index (χ1) is 10.2. The van der Waals surface area contributed by atoms with Crippen LogP contribution in [0.5, 0.6) is 11.5 Å². The summed E-state index contributed by atoms with van der Waals surface area (Å²) >= 11 is 6.56. The highest BCUT2D eigenvalue weighted by atomic mass is 35.5. The van der Waals surface area contributed by atoms with E-state index in [0.717, 1.165) is 47.8 Å². The summed E-state index contributed by atoms with van der Waals surface area (Å²) in [5, 5.41) is 0.778. The quantitative estimate of drug-likeness (QED) is 0.892. The van der Waals surface area contributed by atoms with Crippen molar-refractivity contribution in [2.24, 2.45) is 5.73 Å². The molecule has 3 nitrogen and oxygen atoms in total. The zero-order valence-electron chi connectivity index (χ0n) is 12.3. The Morgan fingerprint density at radius 3 is 2.14 bits per heavy atom. The lowest BCUT2D eigenvalue weighted by Gasteiger charge is -2.29. The van der Waals surface area contributed by atoms with Gasteiger partial charge in [0, 0.05) is 35.9 Å². The lowest BCUT2D eigenvalue weighted by molar-refractivity contribution is -0.0716. The van der Waals surface area contributed by atoms with Crippen molar-refractivity contribution < 1.29 is 9.47 Å². The molecule has 4 heteroatoms. The SMILES string of the molecule is NCC1(c2cc3c(cc2Cl)OC2(CCCC2)O3)CCCC1. The van der Waals surface area contributed by atoms with Crippen LogP contribution in [0.3, 0.4) is 0 Å². The van der Waals surface area contributed by atoms with E-state index in [2.05, 4.69) is 6.07 Å². The van der Waals surface area contributed by atoms with Crippen molar-refractivity contribution in [3.63, 3.8) is 0 Å². The molecule has 114 valence electrons. The largest absolute Gasteiger partial charge is 0.448 e. The molecule has 0 radical (unpaired) electrons. The highest BCUT2D eigenvalue weighted by molar-refractivity contribution is 6.31. The molecule has 21 heavy (non-hydrogen) atoms. The first-order valence-corrected chi connectivity index (χ1v) is 8.46. The van der Waals surface area contributed by atoms with Gasteiger partial charge in [-0.2, -0.15) is 0 Å². The molecule has 2 saturated carbocycles. The molecule has 1 heterocycles. The minimum Gasteiger partial charge on any atom is -0.448 e. The van der Waals surface area contributed by atoms with Crippen LogP contribution in [0.2, 0.25) is 5.02 Å². The van der Waals surface area contributed by atoms with Gasteiger partial charge in [-0.1, -0.05) is 24.4 Å². The van der Waals surface area contributed by atoms with Gasteiger partial charge >= 0.3 is 0 Å². The number of rotatable bonds is 2. The van der Waals surface area contributed by atoms with E-state index < -0.39 is 5.79 Å². The summed E-state index contributed by atoms with van der Waals surface area (Å²) in [6.07, 6.45) is 8.97. The Morgan fingerprint density at radius 2 is 1.52 bits per heavy atom. The number of fused-ring (bicyclic) bond motifs is 1. The lowest BCUT2D eigenvalue weighted by atomic mass is 9.79. The number of ether oxygens (including phenoxy) is 2. The summed E-state index contributed by atoms with van der Waals surface area (Å²) in [7, 11) is 0. The summed E-state index contributed by atoms with van der Waals surface area (Å²) in [5.74, 6) is 1.24. The monoisotopic (exact) mass is 307 g/mol. The average molecular weight is 308 g/mol. The molecule has 1 spiro atoms. The molecule has 1 aliphatic heterocycles. The summed E-state index contributed by atoms with van der Waals surface area (Å²) in [6, 6.07) is 4.04. The summed E-state index contributed by atoms with van der Waals surface area (Å²) < 4.78 is 12.3. The first kappa shape index (κ1) is 13.7. The van der Waals surface area contributed by atoms with E-state index in [1.807, 2.05) is 6.07 Å². The van der Waals surface area contributed by atoms with Gasteiger partial charge in [-0.25, -0.2) is 0 Å². The van der Waals surface area contributed by atoms with Gasteiger partial charge in [-0.3, -0.25) is 0 Å². The summed E-state index contributed by atoms with van der Waals surface area (Å²) in [4.78, 5) is 0. The Morgan fingerprint density at radius 1 is 0.952 bits per heavy atom. The van der Waals surface area contributed by atoms with E-state index in [1.54, 1.807) is 0 Å². The maximum absolute atomic E-state index is 6.56. The van der Waals surface area contributed by atoms with Gasteiger partial charge in [0.1, 0.15) is 0 Å². The van der Waals surface area contributed by atoms with Gasteiger partial charge < -0.3 is 15.2 Å². The maximum atomic E-state index is 6.56. The fraction of sp³-hybridized carbons (Fsp3) is 0.647. The number of benzene rings is 1. The first-order valence-electron chi connectivity index (χ1n) is 8.09. The highest BCUT2D eigenvalue weighted by Gasteiger charge is 2.45. The number of halogens is 1. The molecule has 2 aliphatic carbocycles. The van der Waals surface area contributed by atoms with Gasteiger partial charge in [0.15, 0.2) is 11.5 Å². The number of hydrogen-bond acceptors (Lipinski definition) is 3. The molecular weight excluding hydrogens is 286 g/mol. The maximum Gasteiger partial charge on any atom is 0.251 e. The predicted octanol–water partition coefficient (Wildman–Crippen LogP) is 4.15. The molecule has 0 amide bonds. The molecule has 0 bridgehead atoms. The molecule has 4 rings (SSSR count).